The molecule has 3 aromatic rings. The fourth-order valence-corrected chi connectivity index (χ4v) is 5.64. The van der Waals surface area contributed by atoms with Crippen LogP contribution in [0.4, 0.5) is 0 Å². The van der Waals surface area contributed by atoms with E-state index >= 15 is 0 Å². The number of carbonyl (C=O) groups excluding carboxylic acids is 4. The number of phenolic OH excluding ortho intramolecular Hbond substituents is 2. The second-order valence-electron chi connectivity index (χ2n) is 10.5. The molecule has 2 aliphatic rings. The van der Waals surface area contributed by atoms with E-state index in [0.717, 1.165) is 9.80 Å². The number of hydrogen-bond acceptors (Lipinski definition) is 14. The Kier molecular flexibility index (Phi) is 14.5. The second kappa shape index (κ2) is 16.8. The number of nitrogens with zero attached hydrogens (tertiary/aromatic N) is 2. The number of esters is 1. The number of rotatable bonds is 12. The summed E-state index contributed by atoms with van der Waals surface area (Å²) in [7, 11) is 0. The van der Waals surface area contributed by atoms with Crippen LogP contribution in [0.1, 0.15) is 38.2 Å². The Bertz CT molecular complexity index is 1640. The molecule has 0 amide bonds. The van der Waals surface area contributed by atoms with Gasteiger partial charge in [-0.25, -0.2) is 4.79 Å². The van der Waals surface area contributed by atoms with E-state index in [2.05, 4.69) is 0 Å². The van der Waals surface area contributed by atoms with E-state index in [0.29, 0.717) is 5.56 Å². The van der Waals surface area contributed by atoms with Crippen molar-refractivity contribution >= 4 is 29.8 Å². The maximum Gasteiger partial charge on any atom is 1.00 e. The zero-order valence-electron chi connectivity index (χ0n) is 26.2. The molecule has 0 aliphatic carbocycles. The molecule has 1 spiro atoms. The second-order valence-corrected chi connectivity index (χ2v) is 10.5. The summed E-state index contributed by atoms with van der Waals surface area (Å²) in [6.07, 6.45) is 0. The molecule has 5 rings (SSSR count). The van der Waals surface area contributed by atoms with Crippen LogP contribution in [0.25, 0.3) is 0 Å². The Morgan fingerprint density at radius 1 is 0.688 bits per heavy atom. The first kappa shape index (κ1) is 41.5. The van der Waals surface area contributed by atoms with Gasteiger partial charge in [0.15, 0.2) is 5.60 Å². The van der Waals surface area contributed by atoms with Crippen LogP contribution in [0.5, 0.6) is 23.0 Å². The maximum absolute atomic E-state index is 13.2. The minimum absolute atomic E-state index is 0. The molecule has 1 unspecified atom stereocenters. The number of carboxylic acid groups (broad SMARTS) is 4. The third kappa shape index (κ3) is 8.54. The number of hydrogen-bond donors (Lipinski definition) is 3. The minimum atomic E-state index is -1.79. The molecule has 3 N–H and O–H groups in total. The summed E-state index contributed by atoms with van der Waals surface area (Å²) in [6, 6.07) is 11.4. The molecule has 48 heavy (non-hydrogen) atoms. The van der Waals surface area contributed by atoms with E-state index in [1.54, 1.807) is 18.2 Å². The van der Waals surface area contributed by atoms with Gasteiger partial charge in [-0.05, 0) is 18.2 Å². The van der Waals surface area contributed by atoms with Crippen molar-refractivity contribution in [3.05, 3.63) is 81.9 Å². The summed E-state index contributed by atoms with van der Waals surface area (Å²) in [4.78, 5) is 60.4. The standard InChI is InChI=1S/C30H26N2O13.3Na/c33-21-7-23-19(5-15(21)9-31(11-25(35)36)12-26(37)38)30(18-4-2-1-3-17(18)29(43)45-30)20-6-16(22(34)8-24(20)44-23)10-32(13-27(39)40)14-28(41)42;;;/h1-8,33-34H,9-14H2,(H,35,36)(H,37,38)(H,39,40)(H,41,42);;;/q;3*+1/p-3. The summed E-state index contributed by atoms with van der Waals surface area (Å²) < 4.78 is 12.1. The Hall–Kier alpha value is -2.67. The average molecular weight is 688 g/mol. The molecule has 0 saturated heterocycles. The first-order chi connectivity index (χ1) is 21.3. The Morgan fingerprint density at radius 2 is 1.12 bits per heavy atom. The number of benzene rings is 3. The number of phenols is 2. The first-order valence-electron chi connectivity index (χ1n) is 13.3. The first-order valence-corrected chi connectivity index (χ1v) is 13.3. The maximum atomic E-state index is 13.2. The van der Waals surface area contributed by atoms with E-state index in [1.165, 1.54) is 30.3 Å². The molecule has 0 bridgehead atoms. The van der Waals surface area contributed by atoms with Crippen LogP contribution in [0.2, 0.25) is 0 Å². The monoisotopic (exact) mass is 688 g/mol. The zero-order valence-corrected chi connectivity index (χ0v) is 32.2. The summed E-state index contributed by atoms with van der Waals surface area (Å²) in [5.74, 6) is -7.64. The largest absolute Gasteiger partial charge is 1.00 e. The van der Waals surface area contributed by atoms with Crippen LogP contribution < -0.4 is 109 Å². The van der Waals surface area contributed by atoms with E-state index in [4.69, 9.17) is 9.47 Å². The van der Waals surface area contributed by atoms with Crippen LogP contribution >= 0.6 is 0 Å². The van der Waals surface area contributed by atoms with Crippen molar-refractivity contribution in [3.63, 3.8) is 0 Å². The van der Waals surface area contributed by atoms with Crippen LogP contribution in [-0.4, -0.2) is 81.1 Å². The summed E-state index contributed by atoms with van der Waals surface area (Å²) in [5, 5.41) is 64.8. The number of carbonyl (C=O) groups is 5. The van der Waals surface area contributed by atoms with Gasteiger partial charge >= 0.3 is 101 Å². The summed E-state index contributed by atoms with van der Waals surface area (Å²) in [6.45, 7) is -3.89. The van der Waals surface area contributed by atoms with Gasteiger partial charge in [0.25, 0.3) is 0 Å². The van der Waals surface area contributed by atoms with Crippen molar-refractivity contribution in [3.8, 4) is 23.0 Å². The van der Waals surface area contributed by atoms with Gasteiger partial charge in [-0.3, -0.25) is 14.6 Å². The fourth-order valence-electron chi connectivity index (χ4n) is 5.64. The third-order valence-corrected chi connectivity index (χ3v) is 7.32. The summed E-state index contributed by atoms with van der Waals surface area (Å²) >= 11 is 0. The molecule has 2 heterocycles. The van der Waals surface area contributed by atoms with Crippen LogP contribution in [0, 0.1) is 0 Å². The number of aliphatic carboxylic acids is 4. The Morgan fingerprint density at radius 3 is 1.56 bits per heavy atom. The molecule has 1 atom stereocenters. The molecule has 0 aromatic heterocycles. The van der Waals surface area contributed by atoms with Crippen molar-refractivity contribution in [2.45, 2.75) is 18.7 Å². The topological polar surface area (TPSA) is 240 Å². The van der Waals surface area contributed by atoms with Crippen molar-refractivity contribution < 1.29 is 153 Å². The normalized spacial score (nSPS) is 15.1. The Labute approximate surface area is 338 Å². The fraction of sp³-hybridized carbons (Fsp3) is 0.233. The zero-order chi connectivity index (χ0) is 32.6. The van der Waals surface area contributed by atoms with Crippen molar-refractivity contribution in [1.82, 2.24) is 9.80 Å². The smallest absolute Gasteiger partial charge is 0.549 e. The van der Waals surface area contributed by atoms with Gasteiger partial charge in [0.2, 0.25) is 0 Å². The van der Waals surface area contributed by atoms with Crippen molar-refractivity contribution in [2.24, 2.45) is 0 Å². The van der Waals surface area contributed by atoms with Gasteiger partial charge < -0.3 is 54.5 Å². The minimum Gasteiger partial charge on any atom is -0.549 e. The molecule has 0 fully saturated rings. The molecule has 234 valence electrons. The van der Waals surface area contributed by atoms with Crippen molar-refractivity contribution in [1.29, 1.82) is 0 Å². The van der Waals surface area contributed by atoms with Gasteiger partial charge in [-0.1, -0.05) is 18.2 Å². The molecule has 3 aromatic carbocycles. The summed E-state index contributed by atoms with van der Waals surface area (Å²) in [5.41, 5.74) is -0.909. The van der Waals surface area contributed by atoms with Gasteiger partial charge in [0.1, 0.15) is 23.0 Å². The van der Waals surface area contributed by atoms with Gasteiger partial charge in [0.05, 0.1) is 30.0 Å². The average Bonchev–Trinajstić information content (AvgIpc) is 3.22. The van der Waals surface area contributed by atoms with Gasteiger partial charge in [-0.2, -0.15) is 0 Å². The predicted molar refractivity (Wildman–Crippen MR) is 141 cm³/mol. The molecule has 0 saturated carbocycles. The van der Waals surface area contributed by atoms with Gasteiger partial charge in [0, 0.05) is 72.7 Å². The van der Waals surface area contributed by atoms with Crippen molar-refractivity contribution in [2.75, 3.05) is 26.2 Å². The van der Waals surface area contributed by atoms with E-state index < -0.39 is 79.7 Å². The van der Waals surface area contributed by atoms with Gasteiger partial charge in [-0.15, -0.1) is 0 Å². The quantitative estimate of drug-likeness (QED) is 0.118. The third-order valence-electron chi connectivity index (χ3n) is 7.32. The molecule has 2 aliphatic heterocycles. The molecule has 15 nitrogen and oxygen atoms in total. The number of carboxylic acids is 4. The van der Waals surface area contributed by atoms with Crippen LogP contribution in [0.3, 0.4) is 0 Å². The number of fused-ring (bicyclic) bond motifs is 6. The Balaban J connectivity index is 0.00000267. The molecular formula is C30H23N2Na3O13. The van der Waals surface area contributed by atoms with Crippen LogP contribution in [0.15, 0.2) is 48.5 Å². The molecule has 18 heteroatoms. The predicted octanol–water partition coefficient (Wildman–Crippen LogP) is -11.4. The number of aromatic hydroxyl groups is 2. The SMILES string of the molecule is O=C([O-])CN(CC(=O)[O-])Cc1cc2c(cc1O)Oc1cc(O)c(CN(CC(=O)[O-])CC(=O)O)cc1C21OC(=O)c2ccccc21.[Na+].[Na+].[Na+]. The number of ether oxygens (including phenoxy) is 2. The van der Waals surface area contributed by atoms with Crippen LogP contribution in [-0.2, 0) is 42.6 Å². The van der Waals surface area contributed by atoms with E-state index in [-0.39, 0.29) is 135 Å². The molecule has 0 radical (unpaired) electrons. The molecular weight excluding hydrogens is 665 g/mol. The van der Waals surface area contributed by atoms with E-state index in [9.17, 15) is 54.6 Å². The van der Waals surface area contributed by atoms with E-state index in [1.807, 2.05) is 0 Å².